The first kappa shape index (κ1) is 16.0. The van der Waals surface area contributed by atoms with Crippen molar-refractivity contribution in [1.29, 1.82) is 0 Å². The van der Waals surface area contributed by atoms with Crippen LogP contribution in [0.4, 0.5) is 10.8 Å². The van der Waals surface area contributed by atoms with Crippen molar-refractivity contribution in [2.45, 2.75) is 40.2 Å². The smallest absolute Gasteiger partial charge is 0.190 e. The van der Waals surface area contributed by atoms with E-state index in [9.17, 15) is 0 Å². The lowest BCUT2D eigenvalue weighted by atomic mass is 10.1. The van der Waals surface area contributed by atoms with Crippen LogP contribution in [0.3, 0.4) is 0 Å². The molecule has 3 nitrogen and oxygen atoms in total. The average Bonchev–Trinajstić information content (AvgIpc) is 2.81. The highest BCUT2D eigenvalue weighted by atomic mass is 32.1. The summed E-state index contributed by atoms with van der Waals surface area (Å²) in [6.45, 7) is 9.56. The molecule has 0 radical (unpaired) electrons. The van der Waals surface area contributed by atoms with E-state index in [0.717, 1.165) is 11.7 Å². The SMILES string of the molecule is CNCc1sc(N(C)c2cc(C)cc(C)c2)nc1C(C)C. The van der Waals surface area contributed by atoms with Gasteiger partial charge in [-0.1, -0.05) is 31.3 Å². The Bertz CT molecular complexity index is 596. The van der Waals surface area contributed by atoms with Crippen molar-refractivity contribution >= 4 is 22.2 Å². The maximum atomic E-state index is 4.87. The van der Waals surface area contributed by atoms with E-state index in [1.807, 2.05) is 7.05 Å². The molecule has 1 aromatic carbocycles. The van der Waals surface area contributed by atoms with E-state index in [1.165, 1.54) is 27.4 Å². The van der Waals surface area contributed by atoms with Gasteiger partial charge in [-0.05, 0) is 50.1 Å². The molecule has 4 heteroatoms. The second-order valence-electron chi connectivity index (χ2n) is 5.89. The molecule has 0 saturated heterocycles. The summed E-state index contributed by atoms with van der Waals surface area (Å²) < 4.78 is 0. The van der Waals surface area contributed by atoms with Gasteiger partial charge in [0.05, 0.1) is 5.69 Å². The van der Waals surface area contributed by atoms with E-state index in [-0.39, 0.29) is 0 Å². The zero-order chi connectivity index (χ0) is 15.6. The van der Waals surface area contributed by atoms with Gasteiger partial charge >= 0.3 is 0 Å². The van der Waals surface area contributed by atoms with Gasteiger partial charge in [-0.15, -0.1) is 0 Å². The van der Waals surface area contributed by atoms with Crippen LogP contribution < -0.4 is 10.2 Å². The average molecular weight is 303 g/mol. The fourth-order valence-electron chi connectivity index (χ4n) is 2.49. The summed E-state index contributed by atoms with van der Waals surface area (Å²) in [5.74, 6) is 0.450. The van der Waals surface area contributed by atoms with Gasteiger partial charge in [-0.3, -0.25) is 0 Å². The van der Waals surface area contributed by atoms with Crippen LogP contribution in [-0.4, -0.2) is 19.1 Å². The second-order valence-corrected chi connectivity index (χ2v) is 6.96. The molecule has 0 fully saturated rings. The number of rotatable bonds is 5. The third-order valence-corrected chi connectivity index (χ3v) is 4.63. The van der Waals surface area contributed by atoms with Gasteiger partial charge in [0, 0.05) is 24.2 Å². The maximum absolute atomic E-state index is 4.87. The quantitative estimate of drug-likeness (QED) is 0.889. The highest BCUT2D eigenvalue weighted by Crippen LogP contribution is 2.34. The summed E-state index contributed by atoms with van der Waals surface area (Å²) in [5, 5.41) is 4.31. The van der Waals surface area contributed by atoms with Crippen LogP contribution in [0.1, 0.15) is 41.5 Å². The minimum Gasteiger partial charge on any atom is -0.321 e. The summed E-state index contributed by atoms with van der Waals surface area (Å²) in [5.41, 5.74) is 4.98. The molecule has 0 aliphatic carbocycles. The molecule has 21 heavy (non-hydrogen) atoms. The van der Waals surface area contributed by atoms with Crippen molar-refractivity contribution in [3.8, 4) is 0 Å². The minimum atomic E-state index is 0.450. The standard InChI is InChI=1S/C17H25N3S/c1-11(2)16-15(10-18-5)21-17(19-16)20(6)14-8-12(3)7-13(4)9-14/h7-9,11,18H,10H2,1-6H3. The van der Waals surface area contributed by atoms with Crippen molar-refractivity contribution in [3.05, 3.63) is 39.9 Å². The zero-order valence-electron chi connectivity index (χ0n) is 13.8. The van der Waals surface area contributed by atoms with Crippen LogP contribution in [-0.2, 0) is 6.54 Å². The summed E-state index contributed by atoms with van der Waals surface area (Å²) >= 11 is 1.78. The maximum Gasteiger partial charge on any atom is 0.190 e. The van der Waals surface area contributed by atoms with Crippen molar-refractivity contribution in [2.75, 3.05) is 19.0 Å². The molecule has 0 amide bonds. The molecule has 0 saturated carbocycles. The Labute approximate surface area is 132 Å². The van der Waals surface area contributed by atoms with Gasteiger partial charge in [-0.25, -0.2) is 4.98 Å². The summed E-state index contributed by atoms with van der Waals surface area (Å²) in [7, 11) is 4.08. The van der Waals surface area contributed by atoms with Crippen LogP contribution >= 0.6 is 11.3 Å². The first-order chi connectivity index (χ1) is 9.92. The van der Waals surface area contributed by atoms with Crippen LogP contribution in [0, 0.1) is 13.8 Å². The number of aromatic nitrogens is 1. The van der Waals surface area contributed by atoms with Crippen molar-refractivity contribution in [1.82, 2.24) is 10.3 Å². The van der Waals surface area contributed by atoms with Gasteiger partial charge in [0.2, 0.25) is 0 Å². The Balaban J connectivity index is 2.38. The lowest BCUT2D eigenvalue weighted by Gasteiger charge is -2.17. The number of benzene rings is 1. The van der Waals surface area contributed by atoms with E-state index >= 15 is 0 Å². The first-order valence-corrected chi connectivity index (χ1v) is 8.20. The van der Waals surface area contributed by atoms with Gasteiger partial charge in [-0.2, -0.15) is 0 Å². The number of nitrogens with one attached hydrogen (secondary N) is 1. The Morgan fingerprint density at radius 2 is 1.81 bits per heavy atom. The van der Waals surface area contributed by atoms with E-state index in [1.54, 1.807) is 11.3 Å². The van der Waals surface area contributed by atoms with E-state index < -0.39 is 0 Å². The molecular formula is C17H25N3S. The third kappa shape index (κ3) is 3.63. The number of thiazole rings is 1. The van der Waals surface area contributed by atoms with Gasteiger partial charge < -0.3 is 10.2 Å². The highest BCUT2D eigenvalue weighted by molar-refractivity contribution is 7.15. The predicted molar refractivity (Wildman–Crippen MR) is 92.9 cm³/mol. The number of anilines is 2. The predicted octanol–water partition coefficient (Wildman–Crippen LogP) is 4.37. The zero-order valence-corrected chi connectivity index (χ0v) is 14.6. The number of nitrogens with zero attached hydrogens (tertiary/aromatic N) is 2. The summed E-state index contributed by atoms with van der Waals surface area (Å²) in [6, 6.07) is 6.62. The number of hydrogen-bond donors (Lipinski definition) is 1. The van der Waals surface area contributed by atoms with Crippen molar-refractivity contribution in [3.63, 3.8) is 0 Å². The van der Waals surface area contributed by atoms with Gasteiger partial charge in [0.15, 0.2) is 5.13 Å². The highest BCUT2D eigenvalue weighted by Gasteiger charge is 2.17. The van der Waals surface area contributed by atoms with Crippen molar-refractivity contribution < 1.29 is 0 Å². The molecule has 0 aliphatic rings. The lowest BCUT2D eigenvalue weighted by molar-refractivity contribution is 0.770. The molecule has 114 valence electrons. The molecule has 1 N–H and O–H groups in total. The Kier molecular flexibility index (Phi) is 5.01. The molecule has 0 bridgehead atoms. The molecule has 2 rings (SSSR count). The number of hydrogen-bond acceptors (Lipinski definition) is 4. The largest absolute Gasteiger partial charge is 0.321 e. The van der Waals surface area contributed by atoms with Crippen LogP contribution in [0.5, 0.6) is 0 Å². The lowest BCUT2D eigenvalue weighted by Crippen LogP contribution is -2.09. The van der Waals surface area contributed by atoms with E-state index in [2.05, 4.69) is 63.2 Å². The Hall–Kier alpha value is -1.39. The fourth-order valence-corrected chi connectivity index (χ4v) is 3.70. The Morgan fingerprint density at radius 3 is 2.33 bits per heavy atom. The van der Waals surface area contributed by atoms with Crippen molar-refractivity contribution in [2.24, 2.45) is 0 Å². The second kappa shape index (κ2) is 6.58. The molecular weight excluding hydrogens is 278 g/mol. The molecule has 2 aromatic rings. The number of aryl methyl sites for hydroxylation is 2. The molecule has 0 spiro atoms. The normalized spacial score (nSPS) is 11.2. The molecule has 1 heterocycles. The van der Waals surface area contributed by atoms with Crippen LogP contribution in [0.25, 0.3) is 0 Å². The van der Waals surface area contributed by atoms with E-state index in [4.69, 9.17) is 4.98 Å². The third-order valence-electron chi connectivity index (χ3n) is 3.48. The van der Waals surface area contributed by atoms with Crippen LogP contribution in [0.2, 0.25) is 0 Å². The van der Waals surface area contributed by atoms with E-state index in [0.29, 0.717) is 5.92 Å². The van der Waals surface area contributed by atoms with Gasteiger partial charge in [0.25, 0.3) is 0 Å². The summed E-state index contributed by atoms with van der Waals surface area (Å²) in [6.07, 6.45) is 0. The monoisotopic (exact) mass is 303 g/mol. The molecule has 0 aliphatic heterocycles. The molecule has 1 aromatic heterocycles. The minimum absolute atomic E-state index is 0.450. The topological polar surface area (TPSA) is 28.2 Å². The molecule has 0 atom stereocenters. The first-order valence-electron chi connectivity index (χ1n) is 7.38. The fraction of sp³-hybridized carbons (Fsp3) is 0.471. The van der Waals surface area contributed by atoms with Crippen LogP contribution in [0.15, 0.2) is 18.2 Å². The molecule has 0 unspecified atom stereocenters. The summed E-state index contributed by atoms with van der Waals surface area (Å²) in [4.78, 5) is 8.39. The van der Waals surface area contributed by atoms with Gasteiger partial charge in [0.1, 0.15) is 0 Å². The Morgan fingerprint density at radius 1 is 1.19 bits per heavy atom.